The monoisotopic (exact) mass is 154 g/mol. The Morgan fingerprint density at radius 2 is 2.00 bits per heavy atom. The van der Waals surface area contributed by atoms with Crippen LogP contribution in [0.5, 0.6) is 0 Å². The van der Waals surface area contributed by atoms with Gasteiger partial charge in [0.1, 0.15) is 0 Å². The molecule has 0 aromatic carbocycles. The summed E-state index contributed by atoms with van der Waals surface area (Å²) in [6, 6.07) is 0. The van der Waals surface area contributed by atoms with Crippen LogP contribution >= 0.6 is 0 Å². The molecule has 0 aromatic heterocycles. The van der Waals surface area contributed by atoms with E-state index in [-0.39, 0.29) is 23.7 Å². The molecule has 0 saturated carbocycles. The molecule has 0 aliphatic heterocycles. The Morgan fingerprint density at radius 3 is 2.36 bits per heavy atom. The van der Waals surface area contributed by atoms with Crippen LogP contribution in [0.2, 0.25) is 0 Å². The maximum absolute atomic E-state index is 11.0. The van der Waals surface area contributed by atoms with Gasteiger partial charge in [0.15, 0.2) is 11.5 Å². The first-order valence-corrected chi connectivity index (χ1v) is 3.57. The van der Waals surface area contributed by atoms with Gasteiger partial charge in [-0.3, -0.25) is 9.59 Å². The highest BCUT2D eigenvalue weighted by atomic mass is 16.5. The zero-order chi connectivity index (χ0) is 8.43. The van der Waals surface area contributed by atoms with E-state index >= 15 is 0 Å². The molecular weight excluding hydrogens is 144 g/mol. The van der Waals surface area contributed by atoms with Gasteiger partial charge in [-0.1, -0.05) is 0 Å². The first kappa shape index (κ1) is 7.98. The molecule has 1 aliphatic rings. The number of hydrogen-bond acceptors (Lipinski definition) is 3. The SMILES string of the molecule is CCOC1=C(C)C(=O)CC1=O. The first-order valence-electron chi connectivity index (χ1n) is 3.57. The summed E-state index contributed by atoms with van der Waals surface area (Å²) in [6.45, 7) is 3.85. The molecule has 0 atom stereocenters. The third-order valence-corrected chi connectivity index (χ3v) is 1.62. The number of ether oxygens (including phenoxy) is 1. The van der Waals surface area contributed by atoms with Crippen molar-refractivity contribution in [1.82, 2.24) is 0 Å². The van der Waals surface area contributed by atoms with Crippen molar-refractivity contribution in [2.45, 2.75) is 20.3 Å². The summed E-state index contributed by atoms with van der Waals surface area (Å²) in [5.74, 6) is -0.0368. The number of carbonyl (C=O) groups is 2. The topological polar surface area (TPSA) is 43.4 Å². The lowest BCUT2D eigenvalue weighted by Crippen LogP contribution is -2.00. The van der Waals surface area contributed by atoms with Crippen LogP contribution in [0.1, 0.15) is 20.3 Å². The zero-order valence-corrected chi connectivity index (χ0v) is 6.64. The van der Waals surface area contributed by atoms with E-state index < -0.39 is 0 Å². The van der Waals surface area contributed by atoms with Crippen LogP contribution in [0.4, 0.5) is 0 Å². The normalized spacial score (nSPS) is 18.0. The van der Waals surface area contributed by atoms with E-state index in [9.17, 15) is 9.59 Å². The van der Waals surface area contributed by atoms with Gasteiger partial charge in [-0.15, -0.1) is 0 Å². The fourth-order valence-electron chi connectivity index (χ4n) is 1.03. The van der Waals surface area contributed by atoms with E-state index in [1.165, 1.54) is 0 Å². The predicted octanol–water partition coefficient (Wildman–Crippen LogP) is 0.839. The van der Waals surface area contributed by atoms with E-state index in [0.29, 0.717) is 12.2 Å². The predicted molar refractivity (Wildman–Crippen MR) is 39.0 cm³/mol. The highest BCUT2D eigenvalue weighted by molar-refractivity contribution is 6.21. The van der Waals surface area contributed by atoms with Crippen molar-refractivity contribution in [3.8, 4) is 0 Å². The third-order valence-electron chi connectivity index (χ3n) is 1.62. The van der Waals surface area contributed by atoms with Gasteiger partial charge in [0.2, 0.25) is 5.78 Å². The van der Waals surface area contributed by atoms with Crippen molar-refractivity contribution in [2.75, 3.05) is 6.61 Å². The number of Topliss-reactive ketones (excluding diaryl/α,β-unsaturated/α-hetero) is 2. The molecule has 0 bridgehead atoms. The van der Waals surface area contributed by atoms with Crippen LogP contribution < -0.4 is 0 Å². The second-order valence-electron chi connectivity index (χ2n) is 2.41. The van der Waals surface area contributed by atoms with Crippen molar-refractivity contribution in [3.05, 3.63) is 11.3 Å². The van der Waals surface area contributed by atoms with Crippen molar-refractivity contribution in [1.29, 1.82) is 0 Å². The second-order valence-corrected chi connectivity index (χ2v) is 2.41. The average molecular weight is 154 g/mol. The molecule has 1 rings (SSSR count). The van der Waals surface area contributed by atoms with Crippen LogP contribution in [-0.4, -0.2) is 18.2 Å². The summed E-state index contributed by atoms with van der Waals surface area (Å²) < 4.78 is 5.01. The molecule has 0 heterocycles. The highest BCUT2D eigenvalue weighted by Gasteiger charge is 2.28. The molecular formula is C8H10O3. The largest absolute Gasteiger partial charge is 0.490 e. The lowest BCUT2D eigenvalue weighted by Gasteiger charge is -2.01. The maximum atomic E-state index is 11.0. The molecule has 0 N–H and O–H groups in total. The minimum Gasteiger partial charge on any atom is -0.490 e. The summed E-state index contributed by atoms with van der Waals surface area (Å²) >= 11 is 0. The van der Waals surface area contributed by atoms with Gasteiger partial charge in [-0.05, 0) is 13.8 Å². The van der Waals surface area contributed by atoms with Gasteiger partial charge >= 0.3 is 0 Å². The molecule has 0 unspecified atom stereocenters. The molecule has 0 fully saturated rings. The Labute approximate surface area is 65.0 Å². The van der Waals surface area contributed by atoms with E-state index in [4.69, 9.17) is 4.74 Å². The number of ketones is 2. The van der Waals surface area contributed by atoms with E-state index in [2.05, 4.69) is 0 Å². The summed E-state index contributed by atoms with van der Waals surface area (Å²) in [7, 11) is 0. The Balaban J connectivity index is 2.87. The van der Waals surface area contributed by atoms with Crippen LogP contribution in [0.25, 0.3) is 0 Å². The molecule has 11 heavy (non-hydrogen) atoms. The van der Waals surface area contributed by atoms with Crippen LogP contribution in [-0.2, 0) is 14.3 Å². The molecule has 0 radical (unpaired) electrons. The average Bonchev–Trinajstić information content (AvgIpc) is 2.17. The van der Waals surface area contributed by atoms with Crippen LogP contribution in [0.15, 0.2) is 11.3 Å². The number of carbonyl (C=O) groups excluding carboxylic acids is 2. The van der Waals surface area contributed by atoms with Crippen LogP contribution in [0, 0.1) is 0 Å². The molecule has 1 aliphatic carbocycles. The Hall–Kier alpha value is -1.12. The van der Waals surface area contributed by atoms with Gasteiger partial charge in [0.05, 0.1) is 13.0 Å². The Morgan fingerprint density at radius 1 is 1.36 bits per heavy atom. The molecule has 60 valence electrons. The minimum absolute atomic E-state index is 0.0127. The summed E-state index contributed by atoms with van der Waals surface area (Å²) in [5.41, 5.74) is 0.469. The second kappa shape index (κ2) is 2.86. The molecule has 3 nitrogen and oxygen atoms in total. The fraction of sp³-hybridized carbons (Fsp3) is 0.500. The molecule has 0 amide bonds. The van der Waals surface area contributed by atoms with Crippen molar-refractivity contribution >= 4 is 11.6 Å². The van der Waals surface area contributed by atoms with Crippen molar-refractivity contribution < 1.29 is 14.3 Å². The highest BCUT2D eigenvalue weighted by Crippen LogP contribution is 2.19. The maximum Gasteiger partial charge on any atom is 0.205 e. The smallest absolute Gasteiger partial charge is 0.205 e. The van der Waals surface area contributed by atoms with Gasteiger partial charge in [0, 0.05) is 5.57 Å². The summed E-state index contributed by atoms with van der Waals surface area (Å²) in [6.07, 6.45) is -0.0127. The third kappa shape index (κ3) is 1.31. The Bertz CT molecular complexity index is 238. The van der Waals surface area contributed by atoms with Crippen LogP contribution in [0.3, 0.4) is 0 Å². The first-order chi connectivity index (χ1) is 5.16. The molecule has 0 aromatic rings. The fourth-order valence-corrected chi connectivity index (χ4v) is 1.03. The van der Waals surface area contributed by atoms with Gasteiger partial charge in [-0.25, -0.2) is 0 Å². The lowest BCUT2D eigenvalue weighted by molar-refractivity contribution is -0.122. The quantitative estimate of drug-likeness (QED) is 0.553. The van der Waals surface area contributed by atoms with Crippen molar-refractivity contribution in [2.24, 2.45) is 0 Å². The minimum atomic E-state index is -0.186. The van der Waals surface area contributed by atoms with E-state index in [0.717, 1.165) is 0 Å². The summed E-state index contributed by atoms with van der Waals surface area (Å²) in [5, 5.41) is 0. The molecule has 3 heteroatoms. The van der Waals surface area contributed by atoms with Crippen molar-refractivity contribution in [3.63, 3.8) is 0 Å². The van der Waals surface area contributed by atoms with Gasteiger partial charge in [-0.2, -0.15) is 0 Å². The zero-order valence-electron chi connectivity index (χ0n) is 6.64. The molecule has 0 saturated heterocycles. The number of hydrogen-bond donors (Lipinski definition) is 0. The number of allylic oxidation sites excluding steroid dienone is 2. The molecule has 0 spiro atoms. The Kier molecular flexibility index (Phi) is 2.08. The summed E-state index contributed by atoms with van der Waals surface area (Å²) in [4.78, 5) is 21.9. The lowest BCUT2D eigenvalue weighted by atomic mass is 10.2. The van der Waals surface area contributed by atoms with E-state index in [1.54, 1.807) is 13.8 Å². The van der Waals surface area contributed by atoms with Gasteiger partial charge in [0.25, 0.3) is 0 Å². The number of rotatable bonds is 2. The van der Waals surface area contributed by atoms with E-state index in [1.807, 2.05) is 0 Å². The standard InChI is InChI=1S/C8H10O3/c1-3-11-8-5(2)6(9)4-7(8)10/h3-4H2,1-2H3. The van der Waals surface area contributed by atoms with Gasteiger partial charge < -0.3 is 4.74 Å².